The summed E-state index contributed by atoms with van der Waals surface area (Å²) in [5.74, 6) is 0. The van der Waals surface area contributed by atoms with E-state index >= 15 is 0 Å². The van der Waals surface area contributed by atoms with Crippen molar-refractivity contribution in [1.29, 1.82) is 0 Å². The number of nitrogens with one attached hydrogen (secondary N) is 2. The fourth-order valence-corrected chi connectivity index (χ4v) is 1.81. The third kappa shape index (κ3) is 3.08. The number of aromatic nitrogens is 2. The first-order valence-electron chi connectivity index (χ1n) is 5.64. The van der Waals surface area contributed by atoms with Crippen molar-refractivity contribution in [3.05, 3.63) is 52.3 Å². The van der Waals surface area contributed by atoms with Crippen LogP contribution in [0.4, 0.5) is 0 Å². The van der Waals surface area contributed by atoms with Crippen molar-refractivity contribution in [1.82, 2.24) is 15.5 Å². The molecule has 1 atom stereocenters. The van der Waals surface area contributed by atoms with Crippen LogP contribution >= 0.6 is 11.6 Å². The van der Waals surface area contributed by atoms with Crippen LogP contribution in [0.3, 0.4) is 0 Å². The van der Waals surface area contributed by atoms with Gasteiger partial charge in [0.2, 0.25) is 0 Å². The lowest BCUT2D eigenvalue weighted by molar-refractivity contribution is 0.573. The Morgan fingerprint density at radius 2 is 2.06 bits per heavy atom. The molecule has 17 heavy (non-hydrogen) atoms. The minimum absolute atomic E-state index is 0.293. The predicted octanol–water partition coefficient (Wildman–Crippen LogP) is 3.22. The van der Waals surface area contributed by atoms with Crippen LogP contribution in [-0.4, -0.2) is 10.2 Å². The number of hydrogen-bond acceptors (Lipinski definition) is 2. The van der Waals surface area contributed by atoms with Crippen LogP contribution in [0.5, 0.6) is 0 Å². The minimum atomic E-state index is 0.293. The molecular weight excluding hydrogens is 234 g/mol. The van der Waals surface area contributed by atoms with Crippen LogP contribution in [0.1, 0.15) is 29.8 Å². The summed E-state index contributed by atoms with van der Waals surface area (Å²) in [4.78, 5) is 0. The molecule has 0 amide bonds. The molecule has 1 aromatic carbocycles. The van der Waals surface area contributed by atoms with Crippen LogP contribution in [0.15, 0.2) is 30.5 Å². The fourth-order valence-electron chi connectivity index (χ4n) is 1.69. The highest BCUT2D eigenvalue weighted by atomic mass is 35.5. The number of aryl methyl sites for hydroxylation is 1. The fraction of sp³-hybridized carbons (Fsp3) is 0.308. The molecule has 0 fully saturated rings. The van der Waals surface area contributed by atoms with E-state index in [0.717, 1.165) is 17.3 Å². The van der Waals surface area contributed by atoms with Gasteiger partial charge in [0.15, 0.2) is 0 Å². The van der Waals surface area contributed by atoms with Gasteiger partial charge < -0.3 is 5.32 Å². The first-order valence-corrected chi connectivity index (χ1v) is 6.02. The van der Waals surface area contributed by atoms with Crippen LogP contribution < -0.4 is 5.32 Å². The molecule has 0 saturated heterocycles. The summed E-state index contributed by atoms with van der Waals surface area (Å²) in [7, 11) is 0. The molecule has 1 aromatic heterocycles. The SMILES string of the molecule is Cc1[nH]ncc1CN[C@@H](C)c1ccc(Cl)cc1. The Morgan fingerprint density at radius 1 is 1.35 bits per heavy atom. The van der Waals surface area contributed by atoms with Gasteiger partial charge in [-0.3, -0.25) is 5.10 Å². The average molecular weight is 250 g/mol. The number of rotatable bonds is 4. The number of nitrogens with zero attached hydrogens (tertiary/aromatic N) is 1. The summed E-state index contributed by atoms with van der Waals surface area (Å²) >= 11 is 5.86. The number of H-pyrrole nitrogens is 1. The molecule has 0 unspecified atom stereocenters. The van der Waals surface area contributed by atoms with E-state index < -0.39 is 0 Å². The highest BCUT2D eigenvalue weighted by Gasteiger charge is 2.06. The largest absolute Gasteiger partial charge is 0.306 e. The molecule has 0 radical (unpaired) electrons. The van der Waals surface area contributed by atoms with E-state index in [9.17, 15) is 0 Å². The van der Waals surface area contributed by atoms with Gasteiger partial charge in [0.1, 0.15) is 0 Å². The van der Waals surface area contributed by atoms with Gasteiger partial charge in [0, 0.05) is 28.9 Å². The maximum Gasteiger partial charge on any atom is 0.0535 e. The molecule has 0 aliphatic rings. The molecule has 3 nitrogen and oxygen atoms in total. The highest BCUT2D eigenvalue weighted by molar-refractivity contribution is 6.30. The second kappa shape index (κ2) is 5.34. The van der Waals surface area contributed by atoms with Gasteiger partial charge in [-0.1, -0.05) is 23.7 Å². The Balaban J connectivity index is 1.95. The van der Waals surface area contributed by atoms with Gasteiger partial charge in [0.25, 0.3) is 0 Å². The van der Waals surface area contributed by atoms with Crippen molar-refractivity contribution < 1.29 is 0 Å². The van der Waals surface area contributed by atoms with Gasteiger partial charge in [-0.05, 0) is 31.5 Å². The quantitative estimate of drug-likeness (QED) is 0.874. The first kappa shape index (κ1) is 12.1. The smallest absolute Gasteiger partial charge is 0.0535 e. The van der Waals surface area contributed by atoms with Gasteiger partial charge >= 0.3 is 0 Å². The molecule has 2 aromatic rings. The molecular formula is C13H16ClN3. The van der Waals surface area contributed by atoms with Crippen LogP contribution in [0.25, 0.3) is 0 Å². The molecule has 2 rings (SSSR count). The molecule has 0 aliphatic heterocycles. The normalized spacial score (nSPS) is 12.6. The molecule has 0 spiro atoms. The maximum absolute atomic E-state index is 5.86. The van der Waals surface area contributed by atoms with E-state index in [2.05, 4.69) is 22.4 Å². The second-order valence-corrected chi connectivity index (χ2v) is 4.61. The molecule has 0 saturated carbocycles. The minimum Gasteiger partial charge on any atom is -0.306 e. The Bertz CT molecular complexity index is 476. The van der Waals surface area contributed by atoms with Gasteiger partial charge in [0.05, 0.1) is 6.20 Å². The lowest BCUT2D eigenvalue weighted by Gasteiger charge is -2.14. The zero-order valence-corrected chi connectivity index (χ0v) is 10.8. The molecule has 90 valence electrons. The summed E-state index contributed by atoms with van der Waals surface area (Å²) in [6, 6.07) is 8.21. The topological polar surface area (TPSA) is 40.7 Å². The van der Waals surface area contributed by atoms with Crippen LogP contribution in [0, 0.1) is 6.92 Å². The second-order valence-electron chi connectivity index (χ2n) is 4.17. The number of halogens is 1. The van der Waals surface area contributed by atoms with Crippen molar-refractivity contribution in [3.8, 4) is 0 Å². The van der Waals surface area contributed by atoms with Gasteiger partial charge in [-0.15, -0.1) is 0 Å². The van der Waals surface area contributed by atoms with Crippen molar-refractivity contribution in [2.24, 2.45) is 0 Å². The Morgan fingerprint density at radius 3 is 2.65 bits per heavy atom. The average Bonchev–Trinajstić information content (AvgIpc) is 2.73. The lowest BCUT2D eigenvalue weighted by Crippen LogP contribution is -2.18. The zero-order valence-electron chi connectivity index (χ0n) is 10.00. The van der Waals surface area contributed by atoms with Gasteiger partial charge in [-0.25, -0.2) is 0 Å². The summed E-state index contributed by atoms with van der Waals surface area (Å²) in [5.41, 5.74) is 3.54. The molecule has 0 aliphatic carbocycles. The lowest BCUT2D eigenvalue weighted by atomic mass is 10.1. The van der Waals surface area contributed by atoms with Crippen molar-refractivity contribution >= 4 is 11.6 Å². The van der Waals surface area contributed by atoms with E-state index in [1.807, 2.05) is 37.4 Å². The first-order chi connectivity index (χ1) is 8.16. The molecule has 0 bridgehead atoms. The third-order valence-corrected chi connectivity index (χ3v) is 3.15. The highest BCUT2D eigenvalue weighted by Crippen LogP contribution is 2.16. The number of hydrogen-bond donors (Lipinski definition) is 2. The Hall–Kier alpha value is -1.32. The van der Waals surface area contributed by atoms with Crippen molar-refractivity contribution in [2.45, 2.75) is 26.4 Å². The maximum atomic E-state index is 5.86. The monoisotopic (exact) mass is 249 g/mol. The predicted molar refractivity (Wildman–Crippen MR) is 70.0 cm³/mol. The molecule has 4 heteroatoms. The van der Waals surface area contributed by atoms with Gasteiger partial charge in [-0.2, -0.15) is 5.10 Å². The summed E-state index contributed by atoms with van der Waals surface area (Å²) in [6.45, 7) is 4.97. The van der Waals surface area contributed by atoms with Crippen molar-refractivity contribution in [2.75, 3.05) is 0 Å². The Kier molecular flexibility index (Phi) is 3.82. The van der Waals surface area contributed by atoms with E-state index in [-0.39, 0.29) is 0 Å². The van der Waals surface area contributed by atoms with E-state index in [4.69, 9.17) is 11.6 Å². The van der Waals surface area contributed by atoms with Crippen LogP contribution in [0.2, 0.25) is 5.02 Å². The number of benzene rings is 1. The van der Waals surface area contributed by atoms with E-state index in [0.29, 0.717) is 6.04 Å². The summed E-state index contributed by atoms with van der Waals surface area (Å²) in [5, 5.41) is 11.2. The van der Waals surface area contributed by atoms with E-state index in [1.165, 1.54) is 11.1 Å². The Labute approximate surface area is 106 Å². The zero-order chi connectivity index (χ0) is 12.3. The summed E-state index contributed by atoms with van der Waals surface area (Å²) in [6.07, 6.45) is 1.86. The third-order valence-electron chi connectivity index (χ3n) is 2.90. The molecule has 2 N–H and O–H groups in total. The van der Waals surface area contributed by atoms with Crippen molar-refractivity contribution in [3.63, 3.8) is 0 Å². The number of aromatic amines is 1. The molecule has 1 heterocycles. The summed E-state index contributed by atoms with van der Waals surface area (Å²) < 4.78 is 0. The van der Waals surface area contributed by atoms with Crippen LogP contribution in [-0.2, 0) is 6.54 Å². The standard InChI is InChI=1S/C13H16ClN3/c1-9(11-3-5-13(14)6-4-11)15-7-12-8-16-17-10(12)2/h3-6,8-9,15H,7H2,1-2H3,(H,16,17)/t9-/m0/s1. The van der Waals surface area contributed by atoms with E-state index in [1.54, 1.807) is 0 Å².